The summed E-state index contributed by atoms with van der Waals surface area (Å²) in [5, 5.41) is 2.93. The summed E-state index contributed by atoms with van der Waals surface area (Å²) in [7, 11) is -1.28. The van der Waals surface area contributed by atoms with E-state index in [1.807, 2.05) is 58.9 Å². The summed E-state index contributed by atoms with van der Waals surface area (Å²) >= 11 is 0. The molecule has 1 atom stereocenters. The molecule has 9 nitrogen and oxygen atoms in total. The SMILES string of the molecule is COc1ccc(N(CC(=O)N(Cc2cccc(C)c2)[C@@H](C)C(=O)NC(C)(C)C)S(=O)(=O)c2ccc(C)cc2)cc1OC. The Hall–Kier alpha value is -4.05. The number of nitrogens with zero attached hydrogens (tertiary/aromatic N) is 2. The lowest BCUT2D eigenvalue weighted by Gasteiger charge is -2.33. The van der Waals surface area contributed by atoms with Crippen LogP contribution in [0.3, 0.4) is 0 Å². The van der Waals surface area contributed by atoms with Crippen LogP contribution in [0.4, 0.5) is 5.69 Å². The van der Waals surface area contributed by atoms with Gasteiger partial charge in [-0.15, -0.1) is 0 Å². The van der Waals surface area contributed by atoms with Crippen molar-refractivity contribution >= 4 is 27.5 Å². The van der Waals surface area contributed by atoms with Gasteiger partial charge in [-0.05, 0) is 71.4 Å². The van der Waals surface area contributed by atoms with Gasteiger partial charge in [0.2, 0.25) is 11.8 Å². The molecule has 0 spiro atoms. The van der Waals surface area contributed by atoms with Gasteiger partial charge >= 0.3 is 0 Å². The highest BCUT2D eigenvalue weighted by Crippen LogP contribution is 2.34. The number of methoxy groups -OCH3 is 2. The molecule has 0 saturated carbocycles. The predicted molar refractivity (Wildman–Crippen MR) is 164 cm³/mol. The van der Waals surface area contributed by atoms with Gasteiger partial charge in [-0.25, -0.2) is 8.42 Å². The van der Waals surface area contributed by atoms with Crippen molar-refractivity contribution in [2.24, 2.45) is 0 Å². The van der Waals surface area contributed by atoms with E-state index in [9.17, 15) is 18.0 Å². The van der Waals surface area contributed by atoms with Gasteiger partial charge in [-0.1, -0.05) is 47.5 Å². The van der Waals surface area contributed by atoms with Gasteiger partial charge in [0.05, 0.1) is 24.8 Å². The van der Waals surface area contributed by atoms with Crippen molar-refractivity contribution in [1.29, 1.82) is 0 Å². The van der Waals surface area contributed by atoms with E-state index in [2.05, 4.69) is 5.32 Å². The maximum absolute atomic E-state index is 14.1. The molecule has 0 heterocycles. The van der Waals surface area contributed by atoms with E-state index in [0.29, 0.717) is 11.5 Å². The number of hydrogen-bond acceptors (Lipinski definition) is 6. The number of aryl methyl sites for hydroxylation is 2. The largest absolute Gasteiger partial charge is 0.493 e. The molecule has 0 bridgehead atoms. The van der Waals surface area contributed by atoms with E-state index < -0.39 is 34.1 Å². The Morgan fingerprint density at radius 3 is 2.10 bits per heavy atom. The fraction of sp³-hybridized carbons (Fsp3) is 0.375. The Morgan fingerprint density at radius 2 is 1.52 bits per heavy atom. The van der Waals surface area contributed by atoms with Gasteiger partial charge in [0.15, 0.2) is 11.5 Å². The lowest BCUT2D eigenvalue weighted by molar-refractivity contribution is -0.140. The minimum absolute atomic E-state index is 0.0273. The highest BCUT2D eigenvalue weighted by Gasteiger charge is 2.33. The molecule has 3 rings (SSSR count). The number of hydrogen-bond donors (Lipinski definition) is 1. The Labute approximate surface area is 249 Å². The van der Waals surface area contributed by atoms with Gasteiger partial charge in [-0.2, -0.15) is 0 Å². The summed E-state index contributed by atoms with van der Waals surface area (Å²) < 4.78 is 39.9. The molecule has 0 unspecified atom stereocenters. The van der Waals surface area contributed by atoms with Crippen molar-refractivity contribution in [3.05, 3.63) is 83.4 Å². The minimum atomic E-state index is -4.21. The van der Waals surface area contributed by atoms with E-state index >= 15 is 0 Å². The smallest absolute Gasteiger partial charge is 0.264 e. The van der Waals surface area contributed by atoms with Gasteiger partial charge in [0.25, 0.3) is 10.0 Å². The molecule has 2 amide bonds. The van der Waals surface area contributed by atoms with Gasteiger partial charge in [0.1, 0.15) is 12.6 Å². The van der Waals surface area contributed by atoms with E-state index in [-0.39, 0.29) is 23.0 Å². The fourth-order valence-corrected chi connectivity index (χ4v) is 5.82. The number of benzene rings is 3. The molecule has 3 aromatic carbocycles. The van der Waals surface area contributed by atoms with E-state index in [0.717, 1.165) is 21.0 Å². The summed E-state index contributed by atoms with van der Waals surface area (Å²) in [5.74, 6) is -0.170. The Bertz CT molecular complexity index is 1510. The second-order valence-corrected chi connectivity index (χ2v) is 13.2. The van der Waals surface area contributed by atoms with Crippen molar-refractivity contribution in [1.82, 2.24) is 10.2 Å². The zero-order valence-corrected chi connectivity index (χ0v) is 26.4. The Kier molecular flexibility index (Phi) is 10.3. The van der Waals surface area contributed by atoms with Crippen LogP contribution >= 0.6 is 0 Å². The number of ether oxygens (including phenoxy) is 2. The molecule has 10 heteroatoms. The Morgan fingerprint density at radius 1 is 0.881 bits per heavy atom. The third kappa shape index (κ3) is 8.03. The first-order chi connectivity index (χ1) is 19.7. The highest BCUT2D eigenvalue weighted by atomic mass is 32.2. The quantitative estimate of drug-likeness (QED) is 0.340. The third-order valence-electron chi connectivity index (χ3n) is 6.64. The van der Waals surface area contributed by atoms with Crippen LogP contribution in [-0.4, -0.2) is 57.5 Å². The number of anilines is 1. The number of amides is 2. The first kappa shape index (κ1) is 32.5. The van der Waals surface area contributed by atoms with Crippen LogP contribution in [0.2, 0.25) is 0 Å². The normalized spacial score (nSPS) is 12.3. The minimum Gasteiger partial charge on any atom is -0.493 e. The standard InChI is InChI=1S/C32H41N3O6S/c1-22-12-15-27(16-13-22)42(38,39)35(26-14-17-28(40-7)29(19-26)41-8)21-30(36)34(20-25-11-9-10-23(2)18-25)24(3)31(37)33-32(4,5)6/h9-19,24H,20-21H2,1-8H3,(H,33,37)/t24-/m0/s1. The molecule has 226 valence electrons. The van der Waals surface area contributed by atoms with Crippen molar-refractivity contribution in [3.63, 3.8) is 0 Å². The first-order valence-electron chi connectivity index (χ1n) is 13.6. The van der Waals surface area contributed by atoms with Crippen LogP contribution in [-0.2, 0) is 26.2 Å². The van der Waals surface area contributed by atoms with Gasteiger partial charge < -0.3 is 19.7 Å². The van der Waals surface area contributed by atoms with E-state index in [1.54, 1.807) is 31.2 Å². The molecule has 0 saturated heterocycles. The summed E-state index contributed by atoms with van der Waals surface area (Å²) in [6.07, 6.45) is 0. The molecule has 1 N–H and O–H groups in total. The monoisotopic (exact) mass is 595 g/mol. The van der Waals surface area contributed by atoms with Crippen LogP contribution < -0.4 is 19.1 Å². The molecule has 0 fully saturated rings. The molecule has 42 heavy (non-hydrogen) atoms. The van der Waals surface area contributed by atoms with Crippen molar-refractivity contribution in [2.45, 2.75) is 64.6 Å². The number of carbonyl (C=O) groups is 2. The molecule has 0 aliphatic heterocycles. The van der Waals surface area contributed by atoms with Gasteiger partial charge in [0, 0.05) is 18.2 Å². The van der Waals surface area contributed by atoms with Crippen LogP contribution in [0.5, 0.6) is 11.5 Å². The van der Waals surface area contributed by atoms with Crippen molar-refractivity contribution in [2.75, 3.05) is 25.1 Å². The summed E-state index contributed by atoms with van der Waals surface area (Å²) in [6.45, 7) is 10.6. The van der Waals surface area contributed by atoms with Crippen LogP contribution in [0, 0.1) is 13.8 Å². The summed E-state index contributed by atoms with van der Waals surface area (Å²) in [4.78, 5) is 28.8. The zero-order chi connectivity index (χ0) is 31.2. The molecule has 0 aromatic heterocycles. The highest BCUT2D eigenvalue weighted by molar-refractivity contribution is 7.92. The number of sulfonamides is 1. The lowest BCUT2D eigenvalue weighted by Crippen LogP contribution is -2.54. The topological polar surface area (TPSA) is 105 Å². The first-order valence-corrected chi connectivity index (χ1v) is 15.1. The second kappa shape index (κ2) is 13.3. The number of nitrogens with one attached hydrogen (secondary N) is 1. The number of carbonyl (C=O) groups excluding carboxylic acids is 2. The van der Waals surface area contributed by atoms with Crippen molar-refractivity contribution < 1.29 is 27.5 Å². The van der Waals surface area contributed by atoms with Crippen LogP contribution in [0.25, 0.3) is 0 Å². The molecular weight excluding hydrogens is 554 g/mol. The fourth-order valence-electron chi connectivity index (χ4n) is 4.41. The van der Waals surface area contributed by atoms with Gasteiger partial charge in [-0.3, -0.25) is 13.9 Å². The third-order valence-corrected chi connectivity index (χ3v) is 8.43. The lowest BCUT2D eigenvalue weighted by atomic mass is 10.1. The zero-order valence-electron chi connectivity index (χ0n) is 25.6. The second-order valence-electron chi connectivity index (χ2n) is 11.3. The van der Waals surface area contributed by atoms with Crippen LogP contribution in [0.15, 0.2) is 71.6 Å². The predicted octanol–water partition coefficient (Wildman–Crippen LogP) is 4.85. The summed E-state index contributed by atoms with van der Waals surface area (Å²) in [6, 6.07) is 17.8. The molecule has 3 aromatic rings. The Balaban J connectivity index is 2.10. The molecule has 0 radical (unpaired) electrons. The maximum atomic E-state index is 14.1. The average Bonchev–Trinajstić information content (AvgIpc) is 2.93. The average molecular weight is 596 g/mol. The van der Waals surface area contributed by atoms with Crippen LogP contribution in [0.1, 0.15) is 44.4 Å². The number of rotatable bonds is 11. The van der Waals surface area contributed by atoms with Crippen molar-refractivity contribution in [3.8, 4) is 11.5 Å². The molecular formula is C32H41N3O6S. The van der Waals surface area contributed by atoms with E-state index in [4.69, 9.17) is 9.47 Å². The molecule has 0 aliphatic carbocycles. The molecule has 0 aliphatic rings. The maximum Gasteiger partial charge on any atom is 0.264 e. The van der Waals surface area contributed by atoms with E-state index in [1.165, 1.54) is 37.3 Å². The summed E-state index contributed by atoms with van der Waals surface area (Å²) in [5.41, 5.74) is 2.40.